The van der Waals surface area contributed by atoms with Crippen molar-refractivity contribution in [2.24, 2.45) is 0 Å². The molecule has 1 aliphatic rings. The van der Waals surface area contributed by atoms with Gasteiger partial charge in [-0.1, -0.05) is 25.1 Å². The van der Waals surface area contributed by atoms with Crippen LogP contribution >= 0.6 is 11.3 Å². The maximum atomic E-state index is 12.6. The van der Waals surface area contributed by atoms with Crippen molar-refractivity contribution in [1.29, 1.82) is 0 Å². The third-order valence-electron chi connectivity index (χ3n) is 4.06. The first kappa shape index (κ1) is 14.8. The van der Waals surface area contributed by atoms with E-state index in [1.165, 1.54) is 11.3 Å². The van der Waals surface area contributed by atoms with Gasteiger partial charge in [0, 0.05) is 34.8 Å². The summed E-state index contributed by atoms with van der Waals surface area (Å²) in [5.74, 6) is 1.16. The number of thiazole rings is 1. The van der Waals surface area contributed by atoms with Crippen molar-refractivity contribution in [3.63, 3.8) is 0 Å². The molecule has 2 aromatic heterocycles. The minimum absolute atomic E-state index is 0.0134. The predicted octanol–water partition coefficient (Wildman–Crippen LogP) is 3.71. The lowest BCUT2D eigenvalue weighted by atomic mass is 9.97. The number of ether oxygens (including phenoxy) is 1. The van der Waals surface area contributed by atoms with Gasteiger partial charge in [0.15, 0.2) is 6.10 Å². The van der Waals surface area contributed by atoms with Gasteiger partial charge in [0.05, 0.1) is 0 Å². The highest BCUT2D eigenvalue weighted by Gasteiger charge is 2.36. The zero-order valence-electron chi connectivity index (χ0n) is 13.0. The molecule has 0 aliphatic carbocycles. The van der Waals surface area contributed by atoms with E-state index in [2.05, 4.69) is 15.3 Å². The molecule has 0 saturated carbocycles. The lowest BCUT2D eigenvalue weighted by molar-refractivity contribution is -0.122. The fourth-order valence-corrected chi connectivity index (χ4v) is 3.56. The molecule has 0 bridgehead atoms. The Morgan fingerprint density at radius 2 is 2.00 bits per heavy atom. The molecular weight excluding hydrogens is 322 g/mol. The minimum atomic E-state index is -0.534. The number of hydrogen-bond acceptors (Lipinski definition) is 5. The standard InChI is InChI=1S/C18H15N3O2S/c1-11-13-4-2-3-5-14(13)23-16(11)17(22)20-15-10-24-18(21-15)12-6-8-19-9-7-12/h2-11,16H,1H3,(H,20,22). The monoisotopic (exact) mass is 337 g/mol. The van der Waals surface area contributed by atoms with E-state index in [4.69, 9.17) is 4.74 Å². The third-order valence-corrected chi connectivity index (χ3v) is 4.95. The van der Waals surface area contributed by atoms with E-state index in [0.29, 0.717) is 5.82 Å². The number of para-hydroxylation sites is 1. The van der Waals surface area contributed by atoms with E-state index in [1.807, 2.05) is 48.7 Å². The fraction of sp³-hybridized carbons (Fsp3) is 0.167. The Morgan fingerprint density at radius 1 is 1.21 bits per heavy atom. The van der Waals surface area contributed by atoms with Crippen molar-refractivity contribution in [2.45, 2.75) is 18.9 Å². The van der Waals surface area contributed by atoms with Crippen molar-refractivity contribution in [2.75, 3.05) is 5.32 Å². The van der Waals surface area contributed by atoms with Crippen LogP contribution in [0.1, 0.15) is 18.4 Å². The number of aromatic nitrogens is 2. The molecule has 1 aromatic carbocycles. The number of carbonyl (C=O) groups excluding carboxylic acids is 1. The molecule has 5 nitrogen and oxygen atoms in total. The van der Waals surface area contributed by atoms with E-state index >= 15 is 0 Å². The molecule has 1 aliphatic heterocycles. The van der Waals surface area contributed by atoms with E-state index in [0.717, 1.165) is 21.9 Å². The van der Waals surface area contributed by atoms with Crippen LogP contribution in [-0.4, -0.2) is 22.0 Å². The van der Waals surface area contributed by atoms with Gasteiger partial charge in [-0.05, 0) is 18.2 Å². The van der Waals surface area contributed by atoms with E-state index in [-0.39, 0.29) is 11.8 Å². The Morgan fingerprint density at radius 3 is 2.79 bits per heavy atom. The highest BCUT2D eigenvalue weighted by Crippen LogP contribution is 2.38. The van der Waals surface area contributed by atoms with Gasteiger partial charge in [-0.25, -0.2) is 4.98 Å². The van der Waals surface area contributed by atoms with Crippen LogP contribution in [-0.2, 0) is 4.79 Å². The fourth-order valence-electron chi connectivity index (χ4n) is 2.80. The Balaban J connectivity index is 1.49. The van der Waals surface area contributed by atoms with Crippen LogP contribution in [0, 0.1) is 0 Å². The van der Waals surface area contributed by atoms with Gasteiger partial charge >= 0.3 is 0 Å². The Labute approximate surface area is 143 Å². The highest BCUT2D eigenvalue weighted by atomic mass is 32.1. The van der Waals surface area contributed by atoms with Crippen molar-refractivity contribution < 1.29 is 9.53 Å². The number of amides is 1. The summed E-state index contributed by atoms with van der Waals surface area (Å²) in [6, 6.07) is 11.5. The summed E-state index contributed by atoms with van der Waals surface area (Å²) >= 11 is 1.48. The van der Waals surface area contributed by atoms with Crippen LogP contribution < -0.4 is 10.1 Å². The molecule has 2 atom stereocenters. The largest absolute Gasteiger partial charge is 0.480 e. The zero-order chi connectivity index (χ0) is 16.5. The number of anilines is 1. The quantitative estimate of drug-likeness (QED) is 0.791. The Bertz CT molecular complexity index is 879. The van der Waals surface area contributed by atoms with E-state index in [1.54, 1.807) is 12.4 Å². The first-order chi connectivity index (χ1) is 11.7. The summed E-state index contributed by atoms with van der Waals surface area (Å²) in [4.78, 5) is 21.0. The SMILES string of the molecule is CC1c2ccccc2OC1C(=O)Nc1csc(-c2ccncc2)n1. The predicted molar refractivity (Wildman–Crippen MR) is 93.2 cm³/mol. The number of pyridine rings is 1. The van der Waals surface area contributed by atoms with Crippen molar-refractivity contribution >= 4 is 23.1 Å². The summed E-state index contributed by atoms with van der Waals surface area (Å²) in [6.45, 7) is 2.00. The van der Waals surface area contributed by atoms with Crippen LogP contribution in [0.4, 0.5) is 5.82 Å². The summed E-state index contributed by atoms with van der Waals surface area (Å²) < 4.78 is 5.80. The summed E-state index contributed by atoms with van der Waals surface area (Å²) in [6.07, 6.45) is 2.91. The molecule has 0 spiro atoms. The maximum Gasteiger partial charge on any atom is 0.267 e. The minimum Gasteiger partial charge on any atom is -0.480 e. The van der Waals surface area contributed by atoms with Crippen LogP contribution in [0.15, 0.2) is 54.2 Å². The van der Waals surface area contributed by atoms with Crippen LogP contribution in [0.3, 0.4) is 0 Å². The summed E-state index contributed by atoms with van der Waals surface area (Å²) in [5, 5.41) is 5.54. The first-order valence-corrected chi connectivity index (χ1v) is 8.53. The second-order valence-electron chi connectivity index (χ2n) is 5.63. The highest BCUT2D eigenvalue weighted by molar-refractivity contribution is 7.13. The van der Waals surface area contributed by atoms with Crippen molar-refractivity contribution in [3.05, 3.63) is 59.7 Å². The molecule has 24 heavy (non-hydrogen) atoms. The number of rotatable bonds is 3. The molecule has 120 valence electrons. The Hall–Kier alpha value is -2.73. The number of carbonyl (C=O) groups is 1. The molecule has 4 rings (SSSR count). The van der Waals surface area contributed by atoms with Gasteiger partial charge in [0.1, 0.15) is 16.6 Å². The smallest absolute Gasteiger partial charge is 0.267 e. The summed E-state index contributed by atoms with van der Waals surface area (Å²) in [5.41, 5.74) is 2.04. The lowest BCUT2D eigenvalue weighted by Crippen LogP contribution is -2.33. The van der Waals surface area contributed by atoms with Gasteiger partial charge in [0.25, 0.3) is 5.91 Å². The van der Waals surface area contributed by atoms with Gasteiger partial charge in [0.2, 0.25) is 0 Å². The molecule has 3 aromatic rings. The topological polar surface area (TPSA) is 64.1 Å². The summed E-state index contributed by atoms with van der Waals surface area (Å²) in [7, 11) is 0. The molecule has 2 unspecified atom stereocenters. The molecule has 1 N–H and O–H groups in total. The number of fused-ring (bicyclic) bond motifs is 1. The number of hydrogen-bond donors (Lipinski definition) is 1. The normalized spacial score (nSPS) is 18.7. The van der Waals surface area contributed by atoms with Gasteiger partial charge in [-0.3, -0.25) is 9.78 Å². The lowest BCUT2D eigenvalue weighted by Gasteiger charge is -2.14. The van der Waals surface area contributed by atoms with Gasteiger partial charge < -0.3 is 10.1 Å². The molecule has 1 amide bonds. The first-order valence-electron chi connectivity index (χ1n) is 7.65. The van der Waals surface area contributed by atoms with Crippen LogP contribution in [0.5, 0.6) is 5.75 Å². The second-order valence-corrected chi connectivity index (χ2v) is 6.49. The average molecular weight is 337 g/mol. The molecule has 0 fully saturated rings. The molecule has 0 radical (unpaired) electrons. The molecular formula is C18H15N3O2S. The van der Waals surface area contributed by atoms with Crippen molar-refractivity contribution in [3.8, 4) is 16.3 Å². The number of nitrogens with zero attached hydrogens (tertiary/aromatic N) is 2. The molecule has 0 saturated heterocycles. The van der Waals surface area contributed by atoms with Gasteiger partial charge in [-0.2, -0.15) is 0 Å². The average Bonchev–Trinajstić information content (AvgIpc) is 3.21. The molecule has 6 heteroatoms. The number of benzene rings is 1. The van der Waals surface area contributed by atoms with Crippen LogP contribution in [0.2, 0.25) is 0 Å². The second kappa shape index (κ2) is 6.05. The maximum absolute atomic E-state index is 12.6. The van der Waals surface area contributed by atoms with Crippen molar-refractivity contribution in [1.82, 2.24) is 9.97 Å². The molecule has 3 heterocycles. The third kappa shape index (κ3) is 2.65. The van der Waals surface area contributed by atoms with E-state index in [9.17, 15) is 4.79 Å². The number of nitrogens with one attached hydrogen (secondary N) is 1. The van der Waals surface area contributed by atoms with Crippen LogP contribution in [0.25, 0.3) is 10.6 Å². The Kier molecular flexibility index (Phi) is 3.74. The van der Waals surface area contributed by atoms with E-state index < -0.39 is 6.10 Å². The zero-order valence-corrected chi connectivity index (χ0v) is 13.8. The van der Waals surface area contributed by atoms with Gasteiger partial charge in [-0.15, -0.1) is 11.3 Å².